The van der Waals surface area contributed by atoms with E-state index in [9.17, 15) is 62.3 Å². The van der Waals surface area contributed by atoms with Crippen LogP contribution in [0.15, 0.2) is 91.0 Å². The number of imide groups is 1. The summed E-state index contributed by atoms with van der Waals surface area (Å²) in [5.74, 6) is 1.89. The zero-order valence-electron chi connectivity index (χ0n) is 43.7. The van der Waals surface area contributed by atoms with Crippen LogP contribution in [0.5, 0.6) is 0 Å². The molecule has 10 rings (SSSR count). The number of rotatable bonds is 16. The van der Waals surface area contributed by atoms with Gasteiger partial charge in [0.2, 0.25) is 29.5 Å². The summed E-state index contributed by atoms with van der Waals surface area (Å²) in [6, 6.07) is 19.7. The molecular formula is C58H57N8O13PS. The Morgan fingerprint density at radius 3 is 2.36 bits per heavy atom. The average molecular weight is 1140 g/mol. The highest BCUT2D eigenvalue weighted by Gasteiger charge is 2.46. The third-order valence-corrected chi connectivity index (χ3v) is 17.7. The van der Waals surface area contributed by atoms with E-state index in [1.165, 1.54) is 34.1 Å². The number of urea groups is 1. The summed E-state index contributed by atoms with van der Waals surface area (Å²) in [6.45, 7) is 0.648. The molecule has 0 aliphatic carbocycles. The Labute approximate surface area is 468 Å². The molecule has 1 aromatic heterocycles. The standard InChI is InChI=1S/C58H57N8O13PS/c59-58(76)60-30-43(62-52(70)45-27-36-14-6-13-35-16-18-42(56(74)66(45)50(35)36)61-53(71)48-28-38-26-37(17-20-47(38)81-48)57(75)80(77,78)79)46(67)29-40(33-9-2-1-3-10-33)54(72)64-24-22-32(23-25-64)8-4-5-11-34-12-7-15-39-41(34)31-65(55(39)73)44-19-21-49(68)63-51(44)69/h1-3,6-7,9-10,12-15,17,20,26,28,32,40,42-45H,4,8,16,18-19,21-25,27,29-31H2,(H,61,71)(H,62,70)(H3,59,60,76)(H,63,68,69)(H2,77,78,79)/t40-,42-,43-,44?,45-/m0/s1. The van der Waals surface area contributed by atoms with Crippen LogP contribution in [0.25, 0.3) is 10.1 Å². The molecule has 2 fully saturated rings. The molecule has 418 valence electrons. The van der Waals surface area contributed by atoms with Gasteiger partial charge < -0.3 is 41.3 Å². The topological polar surface area (TPSA) is 312 Å². The number of nitrogens with one attached hydrogen (secondary N) is 4. The molecule has 0 bridgehead atoms. The van der Waals surface area contributed by atoms with Gasteiger partial charge in [0.15, 0.2) is 5.78 Å². The van der Waals surface area contributed by atoms with Crippen LogP contribution in [-0.2, 0) is 52.7 Å². The second kappa shape index (κ2) is 23.4. The minimum atomic E-state index is -5.07. The average Bonchev–Trinajstić information content (AvgIpc) is 4.15. The number of Topliss-reactive ketones (excluding diaryl/α,β-unsaturated/α-hetero) is 1. The van der Waals surface area contributed by atoms with E-state index in [2.05, 4.69) is 33.1 Å². The summed E-state index contributed by atoms with van der Waals surface area (Å²) in [5, 5.41) is 10.7. The summed E-state index contributed by atoms with van der Waals surface area (Å²) >= 11 is 1.05. The molecule has 9 amide bonds. The third kappa shape index (κ3) is 11.9. The number of para-hydroxylation sites is 1. The largest absolute Gasteiger partial charge is 0.396 e. The number of carbonyl (C=O) groups excluding carboxylic acids is 10. The normalized spacial score (nSPS) is 19.6. The van der Waals surface area contributed by atoms with Gasteiger partial charge in [-0.15, -0.1) is 11.3 Å². The molecule has 23 heteroatoms. The first kappa shape index (κ1) is 55.9. The summed E-state index contributed by atoms with van der Waals surface area (Å²) < 4.78 is 12.2. The molecule has 5 atom stereocenters. The minimum absolute atomic E-state index is 0.0647. The zero-order valence-corrected chi connectivity index (χ0v) is 45.4. The number of thiophene rings is 1. The molecule has 2 saturated heterocycles. The maximum Gasteiger partial charge on any atom is 0.396 e. The maximum absolute atomic E-state index is 14.7. The summed E-state index contributed by atoms with van der Waals surface area (Å²) in [6.07, 6.45) is 3.35. The van der Waals surface area contributed by atoms with E-state index >= 15 is 0 Å². The Morgan fingerprint density at radius 1 is 0.864 bits per heavy atom. The minimum Gasteiger partial charge on any atom is -0.352 e. The Morgan fingerprint density at radius 2 is 1.62 bits per heavy atom. The van der Waals surface area contributed by atoms with E-state index in [0.717, 1.165) is 28.9 Å². The van der Waals surface area contributed by atoms with Crippen molar-refractivity contribution < 1.29 is 62.3 Å². The highest BCUT2D eigenvalue weighted by molar-refractivity contribution is 7.70. The van der Waals surface area contributed by atoms with Crippen LogP contribution in [-0.4, -0.2) is 122 Å². The van der Waals surface area contributed by atoms with E-state index in [1.54, 1.807) is 53.4 Å². The second-order valence-electron chi connectivity index (χ2n) is 20.9. The smallest absolute Gasteiger partial charge is 0.352 e. The van der Waals surface area contributed by atoms with Crippen LogP contribution in [0.4, 0.5) is 10.5 Å². The number of likely N-dealkylation sites (tertiary alicyclic amines) is 1. The van der Waals surface area contributed by atoms with Crippen molar-refractivity contribution in [3.8, 4) is 11.8 Å². The first-order valence-electron chi connectivity index (χ1n) is 26.7. The predicted molar refractivity (Wildman–Crippen MR) is 295 cm³/mol. The quantitative estimate of drug-likeness (QED) is 0.0419. The number of ketones is 1. The number of fused-ring (bicyclic) bond motifs is 2. The van der Waals surface area contributed by atoms with Crippen molar-refractivity contribution in [2.24, 2.45) is 11.7 Å². The highest BCUT2D eigenvalue weighted by Crippen LogP contribution is 2.42. The Bertz CT molecular complexity index is 3560. The molecule has 5 aromatic rings. The van der Waals surface area contributed by atoms with Crippen molar-refractivity contribution in [1.82, 2.24) is 31.1 Å². The number of nitrogens with zero attached hydrogens (tertiary/aromatic N) is 3. The molecular weight excluding hydrogens is 1080 g/mol. The van der Waals surface area contributed by atoms with Crippen LogP contribution >= 0.6 is 18.9 Å². The lowest BCUT2D eigenvalue weighted by atomic mass is 9.87. The molecule has 81 heavy (non-hydrogen) atoms. The van der Waals surface area contributed by atoms with E-state index in [-0.39, 0.29) is 72.7 Å². The number of amides is 9. The molecule has 6 heterocycles. The number of anilines is 1. The molecule has 0 saturated carbocycles. The molecule has 5 aliphatic heterocycles. The van der Waals surface area contributed by atoms with Gasteiger partial charge >= 0.3 is 13.6 Å². The predicted octanol–water partition coefficient (Wildman–Crippen LogP) is 3.95. The fourth-order valence-corrected chi connectivity index (χ4v) is 13.0. The summed E-state index contributed by atoms with van der Waals surface area (Å²) in [4.78, 5) is 158. The first-order valence-corrected chi connectivity index (χ1v) is 29.1. The highest BCUT2D eigenvalue weighted by atomic mass is 32.1. The lowest BCUT2D eigenvalue weighted by Gasteiger charge is -2.34. The van der Waals surface area contributed by atoms with Gasteiger partial charge in [-0.1, -0.05) is 66.4 Å². The van der Waals surface area contributed by atoms with Gasteiger partial charge in [-0.3, -0.25) is 57.9 Å². The number of primary amides is 1. The van der Waals surface area contributed by atoms with E-state index in [1.807, 2.05) is 18.2 Å². The monoisotopic (exact) mass is 1140 g/mol. The number of hydrogen-bond acceptors (Lipinski definition) is 12. The van der Waals surface area contributed by atoms with Crippen molar-refractivity contribution in [1.29, 1.82) is 0 Å². The molecule has 1 unspecified atom stereocenters. The lowest BCUT2D eigenvalue weighted by molar-refractivity contribution is -0.137. The first-order chi connectivity index (χ1) is 38.8. The van der Waals surface area contributed by atoms with Crippen LogP contribution in [0.1, 0.15) is 115 Å². The van der Waals surface area contributed by atoms with Crippen molar-refractivity contribution in [3.63, 3.8) is 0 Å². The maximum atomic E-state index is 14.7. The number of nitrogens with two attached hydrogens (primary N) is 1. The van der Waals surface area contributed by atoms with Gasteiger partial charge in [0.25, 0.3) is 17.3 Å². The van der Waals surface area contributed by atoms with Crippen LogP contribution in [0, 0.1) is 17.8 Å². The lowest BCUT2D eigenvalue weighted by Crippen LogP contribution is -2.58. The second-order valence-corrected chi connectivity index (χ2v) is 23.5. The SMILES string of the molecule is NC(=O)NC[C@H](NC(=O)[C@@H]1Cc2cccc3c2N1C(=O)[C@@H](NC(=O)c1cc2cc(C(=O)P(=O)(O)O)ccc2s1)CC3)C(=O)C[C@H](C(=O)N1CCC(CCC#Cc2cccc3c2CN(C2CCC(=O)NC2=O)C3=O)CC1)c1ccccc1. The van der Waals surface area contributed by atoms with Crippen LogP contribution in [0.2, 0.25) is 0 Å². The fraction of sp³-hybridized carbons (Fsp3) is 0.345. The van der Waals surface area contributed by atoms with E-state index in [4.69, 9.17) is 5.73 Å². The third-order valence-electron chi connectivity index (χ3n) is 15.8. The van der Waals surface area contributed by atoms with E-state index in [0.29, 0.717) is 76.8 Å². The van der Waals surface area contributed by atoms with Gasteiger partial charge in [0.1, 0.15) is 24.2 Å². The molecule has 0 spiro atoms. The van der Waals surface area contributed by atoms with Gasteiger partial charge in [-0.05, 0) is 108 Å². The van der Waals surface area contributed by atoms with Crippen LogP contribution in [0.3, 0.4) is 0 Å². The van der Waals surface area contributed by atoms with Gasteiger partial charge in [0, 0.05) is 73.3 Å². The number of carbonyl (C=O) groups is 10. The van der Waals surface area contributed by atoms with Gasteiger partial charge in [0.05, 0.1) is 16.5 Å². The molecule has 4 aromatic carbocycles. The van der Waals surface area contributed by atoms with Crippen molar-refractivity contribution >= 4 is 93.4 Å². The molecule has 21 nitrogen and oxygen atoms in total. The summed E-state index contributed by atoms with van der Waals surface area (Å²) in [7, 11) is -5.07. The van der Waals surface area contributed by atoms with Crippen LogP contribution < -0.4 is 31.9 Å². The van der Waals surface area contributed by atoms with E-state index < -0.39 is 85.2 Å². The summed E-state index contributed by atoms with van der Waals surface area (Å²) in [5.41, 5.74) is 8.37. The Kier molecular flexibility index (Phi) is 16.2. The number of piperidine rings is 2. The molecule has 5 aliphatic rings. The molecule has 0 radical (unpaired) electrons. The van der Waals surface area contributed by atoms with Crippen molar-refractivity contribution in [3.05, 3.63) is 135 Å². The number of benzene rings is 4. The number of aryl methyl sites for hydroxylation is 1. The zero-order chi connectivity index (χ0) is 57.3. The van der Waals surface area contributed by atoms with Gasteiger partial charge in [-0.25, -0.2) is 4.79 Å². The van der Waals surface area contributed by atoms with Gasteiger partial charge in [-0.2, -0.15) is 0 Å². The molecule has 8 N–H and O–H groups in total. The Balaban J connectivity index is 0.786. The van der Waals surface area contributed by atoms with Crippen molar-refractivity contribution in [2.45, 2.75) is 101 Å². The van der Waals surface area contributed by atoms with Crippen molar-refractivity contribution in [2.75, 3.05) is 24.5 Å². The fourth-order valence-electron chi connectivity index (χ4n) is 11.6. The number of hydrogen-bond donors (Lipinski definition) is 7. The Hall–Kier alpha value is -8.35.